The van der Waals surface area contributed by atoms with Gasteiger partial charge in [0, 0.05) is 24.6 Å². The molecule has 1 aromatic carbocycles. The Labute approximate surface area is 109 Å². The summed E-state index contributed by atoms with van der Waals surface area (Å²) in [6, 6.07) is 4.77. The number of hydrogen-bond donors (Lipinski definition) is 2. The Bertz CT molecular complexity index is 506. The molecule has 1 heterocycles. The van der Waals surface area contributed by atoms with E-state index in [0.29, 0.717) is 0 Å². The summed E-state index contributed by atoms with van der Waals surface area (Å²) in [7, 11) is 0. The van der Waals surface area contributed by atoms with Gasteiger partial charge in [0.2, 0.25) is 5.91 Å². The number of carbonyl (C=O) groups excluding carboxylic acids is 1. The summed E-state index contributed by atoms with van der Waals surface area (Å²) in [4.78, 5) is 24.1. The molecule has 2 atom stereocenters. The zero-order valence-electron chi connectivity index (χ0n) is 10.3. The lowest BCUT2D eigenvalue weighted by Gasteiger charge is -2.27. The molecule has 5 nitrogen and oxygen atoms in total. The Morgan fingerprint density at radius 2 is 2.21 bits per heavy atom. The quantitative estimate of drug-likeness (QED) is 0.848. The summed E-state index contributed by atoms with van der Waals surface area (Å²) in [6.07, 6.45) is -0.163. The van der Waals surface area contributed by atoms with Crippen molar-refractivity contribution in [3.05, 3.63) is 35.6 Å². The number of rotatable bonds is 4. The van der Waals surface area contributed by atoms with Crippen molar-refractivity contribution in [2.45, 2.75) is 24.9 Å². The molecule has 1 aliphatic rings. The average Bonchev–Trinajstić information content (AvgIpc) is 2.66. The van der Waals surface area contributed by atoms with Crippen LogP contribution in [-0.2, 0) is 9.59 Å². The highest BCUT2D eigenvalue weighted by Gasteiger charge is 2.35. The molecule has 2 rings (SSSR count). The predicted molar refractivity (Wildman–Crippen MR) is 65.7 cm³/mol. The van der Waals surface area contributed by atoms with Crippen LogP contribution < -0.4 is 5.73 Å². The van der Waals surface area contributed by atoms with E-state index in [9.17, 15) is 14.0 Å². The first-order chi connectivity index (χ1) is 8.99. The first-order valence-electron chi connectivity index (χ1n) is 6.00. The molecule has 19 heavy (non-hydrogen) atoms. The van der Waals surface area contributed by atoms with E-state index in [1.807, 2.05) is 0 Å². The van der Waals surface area contributed by atoms with Crippen molar-refractivity contribution >= 4 is 11.9 Å². The molecule has 1 fully saturated rings. The highest BCUT2D eigenvalue weighted by Crippen LogP contribution is 2.30. The van der Waals surface area contributed by atoms with Crippen molar-refractivity contribution in [3.8, 4) is 0 Å². The maximum atomic E-state index is 13.8. The summed E-state index contributed by atoms with van der Waals surface area (Å²) in [5.41, 5.74) is 5.91. The van der Waals surface area contributed by atoms with E-state index in [0.717, 1.165) is 0 Å². The molecule has 0 aliphatic carbocycles. The van der Waals surface area contributed by atoms with Gasteiger partial charge in [-0.05, 0) is 6.07 Å². The van der Waals surface area contributed by atoms with E-state index >= 15 is 0 Å². The second kappa shape index (κ2) is 5.36. The number of carbonyl (C=O) groups is 2. The Morgan fingerprint density at radius 1 is 1.53 bits per heavy atom. The van der Waals surface area contributed by atoms with Crippen molar-refractivity contribution in [3.63, 3.8) is 0 Å². The van der Waals surface area contributed by atoms with Crippen LogP contribution in [0.1, 0.15) is 24.4 Å². The number of halogens is 1. The maximum Gasteiger partial charge on any atom is 0.305 e. The summed E-state index contributed by atoms with van der Waals surface area (Å²) in [5, 5.41) is 8.96. The lowest BCUT2D eigenvalue weighted by molar-refractivity contribution is -0.139. The lowest BCUT2D eigenvalue weighted by atomic mass is 10.0. The van der Waals surface area contributed by atoms with E-state index < -0.39 is 17.8 Å². The van der Waals surface area contributed by atoms with Crippen molar-refractivity contribution < 1.29 is 19.1 Å². The van der Waals surface area contributed by atoms with Crippen LogP contribution >= 0.6 is 0 Å². The minimum absolute atomic E-state index is 0.171. The number of aliphatic carboxylic acids is 1. The third kappa shape index (κ3) is 2.90. The Balaban J connectivity index is 2.34. The van der Waals surface area contributed by atoms with E-state index in [4.69, 9.17) is 10.8 Å². The highest BCUT2D eigenvalue weighted by atomic mass is 19.1. The van der Waals surface area contributed by atoms with Gasteiger partial charge < -0.3 is 15.7 Å². The number of likely N-dealkylation sites (tertiary alicyclic amines) is 1. The molecular formula is C13H15FN2O3. The maximum absolute atomic E-state index is 13.8. The lowest BCUT2D eigenvalue weighted by Crippen LogP contribution is -2.34. The second-order valence-corrected chi connectivity index (χ2v) is 4.65. The molecule has 6 heteroatoms. The van der Waals surface area contributed by atoms with Crippen molar-refractivity contribution in [2.75, 3.05) is 6.54 Å². The summed E-state index contributed by atoms with van der Waals surface area (Å²) in [6.45, 7) is 0.255. The highest BCUT2D eigenvalue weighted by molar-refractivity contribution is 5.80. The number of carboxylic acid groups (broad SMARTS) is 1. The molecule has 0 saturated carbocycles. The third-order valence-electron chi connectivity index (χ3n) is 3.20. The van der Waals surface area contributed by atoms with Gasteiger partial charge in [-0.2, -0.15) is 0 Å². The number of benzene rings is 1. The smallest absolute Gasteiger partial charge is 0.305 e. The SMILES string of the molecule is NC1CC(=O)N(C(CC(=O)O)c2ccccc2F)C1. The summed E-state index contributed by atoms with van der Waals surface area (Å²) >= 11 is 0. The molecule has 0 aromatic heterocycles. The van der Waals surface area contributed by atoms with E-state index in [1.165, 1.54) is 23.1 Å². The number of amides is 1. The molecule has 1 saturated heterocycles. The van der Waals surface area contributed by atoms with Crippen LogP contribution in [0.15, 0.2) is 24.3 Å². The minimum atomic E-state index is -1.08. The molecular weight excluding hydrogens is 251 g/mol. The first-order valence-corrected chi connectivity index (χ1v) is 6.00. The van der Waals surface area contributed by atoms with Gasteiger partial charge in [-0.15, -0.1) is 0 Å². The fourth-order valence-corrected chi connectivity index (χ4v) is 2.36. The van der Waals surface area contributed by atoms with Gasteiger partial charge in [0.15, 0.2) is 0 Å². The van der Waals surface area contributed by atoms with Crippen LogP contribution in [0.3, 0.4) is 0 Å². The number of hydrogen-bond acceptors (Lipinski definition) is 3. The van der Waals surface area contributed by atoms with Gasteiger partial charge in [-0.1, -0.05) is 18.2 Å². The Morgan fingerprint density at radius 3 is 2.74 bits per heavy atom. The first kappa shape index (κ1) is 13.5. The van der Waals surface area contributed by atoms with Crippen molar-refractivity contribution in [2.24, 2.45) is 5.73 Å². The van der Waals surface area contributed by atoms with Crippen molar-refractivity contribution in [1.82, 2.24) is 4.90 Å². The zero-order valence-corrected chi connectivity index (χ0v) is 10.3. The summed E-state index contributed by atoms with van der Waals surface area (Å²) in [5.74, 6) is -1.83. The molecule has 1 amide bonds. The molecule has 102 valence electrons. The standard InChI is InChI=1S/C13H15FN2O3/c14-10-4-2-1-3-9(10)11(6-13(18)19)16-7-8(15)5-12(16)17/h1-4,8,11H,5-7,15H2,(H,18,19). The molecule has 1 aromatic rings. The molecule has 0 spiro atoms. The van der Waals surface area contributed by atoms with E-state index in [1.54, 1.807) is 6.07 Å². The van der Waals surface area contributed by atoms with Crippen LogP contribution in [0.2, 0.25) is 0 Å². The topological polar surface area (TPSA) is 83.6 Å². The molecule has 3 N–H and O–H groups in total. The molecule has 0 bridgehead atoms. The van der Waals surface area contributed by atoms with Gasteiger partial charge in [-0.25, -0.2) is 4.39 Å². The van der Waals surface area contributed by atoms with Crippen LogP contribution in [0.25, 0.3) is 0 Å². The van der Waals surface area contributed by atoms with Crippen LogP contribution in [0.4, 0.5) is 4.39 Å². The Kier molecular flexibility index (Phi) is 3.80. The average molecular weight is 266 g/mol. The van der Waals surface area contributed by atoms with Gasteiger partial charge in [0.25, 0.3) is 0 Å². The second-order valence-electron chi connectivity index (χ2n) is 4.65. The van der Waals surface area contributed by atoms with Gasteiger partial charge in [0.05, 0.1) is 12.5 Å². The van der Waals surface area contributed by atoms with Crippen LogP contribution in [0.5, 0.6) is 0 Å². The Hall–Kier alpha value is -1.95. The summed E-state index contributed by atoms with van der Waals surface area (Å²) < 4.78 is 13.8. The van der Waals surface area contributed by atoms with Gasteiger partial charge >= 0.3 is 5.97 Å². The normalized spacial score (nSPS) is 20.6. The van der Waals surface area contributed by atoms with Gasteiger partial charge in [-0.3, -0.25) is 9.59 Å². The van der Waals surface area contributed by atoms with Crippen LogP contribution in [-0.4, -0.2) is 34.5 Å². The van der Waals surface area contributed by atoms with Crippen LogP contribution in [0, 0.1) is 5.82 Å². The van der Waals surface area contributed by atoms with Crippen molar-refractivity contribution in [1.29, 1.82) is 0 Å². The predicted octanol–water partition coefficient (Wildman–Crippen LogP) is 0.901. The monoisotopic (exact) mass is 266 g/mol. The third-order valence-corrected chi connectivity index (χ3v) is 3.20. The van der Waals surface area contributed by atoms with Gasteiger partial charge in [0.1, 0.15) is 5.82 Å². The number of nitrogens with two attached hydrogens (primary N) is 1. The minimum Gasteiger partial charge on any atom is -0.481 e. The molecule has 2 unspecified atom stereocenters. The number of nitrogens with zero attached hydrogens (tertiary/aromatic N) is 1. The fraction of sp³-hybridized carbons (Fsp3) is 0.385. The number of carboxylic acids is 1. The zero-order chi connectivity index (χ0) is 14.0. The molecule has 0 radical (unpaired) electrons. The molecule has 1 aliphatic heterocycles. The largest absolute Gasteiger partial charge is 0.481 e. The van der Waals surface area contributed by atoms with E-state index in [2.05, 4.69) is 0 Å². The van der Waals surface area contributed by atoms with E-state index in [-0.39, 0.29) is 36.9 Å². The fourth-order valence-electron chi connectivity index (χ4n) is 2.36.